The smallest absolute Gasteiger partial charge is 0.384 e. The zero-order valence-corrected chi connectivity index (χ0v) is 18.0. The van der Waals surface area contributed by atoms with E-state index in [9.17, 15) is 26.7 Å². The van der Waals surface area contributed by atoms with Gasteiger partial charge in [-0.05, 0) is 25.1 Å². The molecule has 0 amide bonds. The van der Waals surface area contributed by atoms with Gasteiger partial charge in [0.05, 0.1) is 11.4 Å². The predicted octanol–water partition coefficient (Wildman–Crippen LogP) is 1.39. The highest BCUT2D eigenvalue weighted by Gasteiger charge is 2.51. The molecule has 32 heavy (non-hydrogen) atoms. The van der Waals surface area contributed by atoms with Gasteiger partial charge in [-0.25, -0.2) is 18.4 Å². The molecule has 1 atom stereocenters. The summed E-state index contributed by atoms with van der Waals surface area (Å²) in [4.78, 5) is 11.6. The molecule has 3 N–H and O–H groups in total. The molecule has 0 bridgehead atoms. The first-order valence-corrected chi connectivity index (χ1v) is 11.1. The maximum atomic E-state index is 13.0. The second kappa shape index (κ2) is 8.93. The number of nitrogens with zero attached hydrogens (tertiary/aromatic N) is 4. The van der Waals surface area contributed by atoms with Gasteiger partial charge in [0, 0.05) is 49.4 Å². The molecule has 3 rings (SSSR count). The van der Waals surface area contributed by atoms with E-state index in [1.807, 2.05) is 9.80 Å². The van der Waals surface area contributed by atoms with E-state index in [1.54, 1.807) is 0 Å². The van der Waals surface area contributed by atoms with Gasteiger partial charge >= 0.3 is 6.18 Å². The molecule has 1 fully saturated rings. The molecule has 0 radical (unpaired) electrons. The van der Waals surface area contributed by atoms with Gasteiger partial charge in [-0.1, -0.05) is 12.0 Å². The molecule has 12 heteroatoms. The fourth-order valence-corrected chi connectivity index (χ4v) is 3.82. The predicted molar refractivity (Wildman–Crippen MR) is 112 cm³/mol. The summed E-state index contributed by atoms with van der Waals surface area (Å²) in [6.45, 7) is 3.16. The number of aliphatic hydroxyl groups is 1. The van der Waals surface area contributed by atoms with Gasteiger partial charge in [-0.3, -0.25) is 4.90 Å². The van der Waals surface area contributed by atoms with E-state index in [0.717, 1.165) is 12.4 Å². The lowest BCUT2D eigenvalue weighted by atomic mass is 9.97. The van der Waals surface area contributed by atoms with Gasteiger partial charge in [-0.2, -0.15) is 13.2 Å². The molecule has 8 nitrogen and oxygen atoms in total. The van der Waals surface area contributed by atoms with Crippen molar-refractivity contribution in [3.8, 4) is 11.2 Å². The highest BCUT2D eigenvalue weighted by molar-refractivity contribution is 7.96. The van der Waals surface area contributed by atoms with E-state index in [-0.39, 0.29) is 22.8 Å². The van der Waals surface area contributed by atoms with Crippen molar-refractivity contribution in [2.75, 3.05) is 43.4 Å². The summed E-state index contributed by atoms with van der Waals surface area (Å²) in [7, 11) is -3.79. The Hall–Kier alpha value is -2.88. The average molecular weight is 469 g/mol. The molecule has 0 unspecified atom stereocenters. The molecular weight excluding hydrogens is 447 g/mol. The topological polar surface area (TPSA) is 113 Å². The minimum atomic E-state index is -4.80. The maximum Gasteiger partial charge on any atom is 0.421 e. The summed E-state index contributed by atoms with van der Waals surface area (Å²) in [6, 6.07) is 5.39. The molecule has 1 aliphatic heterocycles. The Morgan fingerprint density at radius 2 is 1.78 bits per heavy atom. The van der Waals surface area contributed by atoms with Crippen LogP contribution in [0.2, 0.25) is 0 Å². The number of hydrogen-bond acceptors (Lipinski definition) is 8. The third-order valence-electron chi connectivity index (χ3n) is 5.14. The summed E-state index contributed by atoms with van der Waals surface area (Å²) in [5, 5.41) is 12.0. The number of aromatic nitrogens is 2. The molecule has 0 aromatic carbocycles. The van der Waals surface area contributed by atoms with Crippen molar-refractivity contribution in [1.82, 2.24) is 14.9 Å². The van der Waals surface area contributed by atoms with E-state index < -0.39 is 21.6 Å². The van der Waals surface area contributed by atoms with Gasteiger partial charge < -0.3 is 15.7 Å². The average Bonchev–Trinajstić information content (AvgIpc) is 2.74. The molecule has 0 aliphatic carbocycles. The van der Waals surface area contributed by atoms with Crippen LogP contribution in [0.25, 0.3) is 0 Å². The summed E-state index contributed by atoms with van der Waals surface area (Å²) in [5.74, 6) is 3.37. The van der Waals surface area contributed by atoms with Crippen LogP contribution in [-0.4, -0.2) is 67.3 Å². The van der Waals surface area contributed by atoms with E-state index in [4.69, 9.17) is 5.73 Å². The standard InChI is InChI=1S/C20H22F3N5O3S/c1-19(29,20(21,22)23)15-3-6-18(26-13-15)28-10-8-27(9-11-28)7-2-12-32(30,31)16-4-5-17(24)25-14-16/h3-6,13-14,29H,7-11H2,1H3,(H2,24,25)/t19-/m0/s1. The minimum Gasteiger partial charge on any atom is -0.384 e. The van der Waals surface area contributed by atoms with Gasteiger partial charge in [0.2, 0.25) is 9.84 Å². The van der Waals surface area contributed by atoms with Crippen molar-refractivity contribution in [3.05, 3.63) is 42.2 Å². The van der Waals surface area contributed by atoms with E-state index >= 15 is 0 Å². The van der Waals surface area contributed by atoms with Crippen molar-refractivity contribution >= 4 is 21.5 Å². The lowest BCUT2D eigenvalue weighted by molar-refractivity contribution is -0.259. The van der Waals surface area contributed by atoms with Crippen molar-refractivity contribution in [2.24, 2.45) is 0 Å². The number of anilines is 2. The number of halogens is 3. The molecule has 0 spiro atoms. The number of nitrogen functional groups attached to an aromatic ring is 1. The van der Waals surface area contributed by atoms with Crippen molar-refractivity contribution in [1.29, 1.82) is 0 Å². The lowest BCUT2D eigenvalue weighted by Crippen LogP contribution is -2.46. The molecule has 0 saturated carbocycles. The van der Waals surface area contributed by atoms with Crippen LogP contribution < -0.4 is 10.6 Å². The van der Waals surface area contributed by atoms with Crippen LogP contribution in [0.3, 0.4) is 0 Å². The number of sulfone groups is 1. The quantitative estimate of drug-likeness (QED) is 0.510. The largest absolute Gasteiger partial charge is 0.421 e. The first-order valence-electron chi connectivity index (χ1n) is 9.59. The van der Waals surface area contributed by atoms with Crippen LogP contribution in [0.1, 0.15) is 12.5 Å². The second-order valence-corrected chi connectivity index (χ2v) is 9.12. The van der Waals surface area contributed by atoms with Gasteiger partial charge in [-0.15, -0.1) is 0 Å². The Morgan fingerprint density at radius 3 is 2.31 bits per heavy atom. The molecular formula is C20H22F3N5O3S. The third-order valence-corrected chi connectivity index (χ3v) is 6.41. The number of pyridine rings is 2. The molecule has 1 aliphatic rings. The van der Waals surface area contributed by atoms with Crippen molar-refractivity contribution in [2.45, 2.75) is 23.6 Å². The highest BCUT2D eigenvalue weighted by Crippen LogP contribution is 2.38. The van der Waals surface area contributed by atoms with Gasteiger partial charge in [0.1, 0.15) is 11.6 Å². The zero-order chi connectivity index (χ0) is 23.6. The second-order valence-electron chi connectivity index (χ2n) is 7.44. The van der Waals surface area contributed by atoms with E-state index in [0.29, 0.717) is 38.9 Å². The Bertz CT molecular complexity index is 1100. The zero-order valence-electron chi connectivity index (χ0n) is 17.2. The highest BCUT2D eigenvalue weighted by atomic mass is 32.2. The Kier molecular flexibility index (Phi) is 6.64. The fraction of sp³-hybridized carbons (Fsp3) is 0.400. The van der Waals surface area contributed by atoms with Crippen LogP contribution in [-0.2, 0) is 15.4 Å². The first kappa shape index (κ1) is 23.8. The molecule has 2 aromatic heterocycles. The van der Waals surface area contributed by atoms with Crippen LogP contribution in [0.5, 0.6) is 0 Å². The van der Waals surface area contributed by atoms with Crippen LogP contribution >= 0.6 is 0 Å². The first-order chi connectivity index (χ1) is 14.9. The lowest BCUT2D eigenvalue weighted by Gasteiger charge is -2.34. The van der Waals surface area contributed by atoms with Crippen LogP contribution in [0, 0.1) is 11.2 Å². The molecule has 2 aromatic rings. The molecule has 1 saturated heterocycles. The summed E-state index contributed by atoms with van der Waals surface area (Å²) >= 11 is 0. The van der Waals surface area contributed by atoms with Crippen molar-refractivity contribution in [3.63, 3.8) is 0 Å². The van der Waals surface area contributed by atoms with E-state index in [1.165, 1.54) is 24.3 Å². The normalized spacial score (nSPS) is 17.3. The monoisotopic (exact) mass is 469 g/mol. The minimum absolute atomic E-state index is 0.0250. The number of piperazine rings is 1. The van der Waals surface area contributed by atoms with Gasteiger partial charge in [0.15, 0.2) is 5.60 Å². The molecule has 3 heterocycles. The number of hydrogen-bond donors (Lipinski definition) is 2. The Labute approximate surface area is 183 Å². The third kappa shape index (κ3) is 5.29. The summed E-state index contributed by atoms with van der Waals surface area (Å²) in [6.07, 6.45) is -2.62. The fourth-order valence-electron chi connectivity index (χ4n) is 3.01. The SMILES string of the molecule is C[C@](O)(c1ccc(N2CCN(CC#CS(=O)(=O)c3ccc(N)nc3)CC2)nc1)C(F)(F)F. The van der Waals surface area contributed by atoms with Crippen LogP contribution in [0.15, 0.2) is 41.6 Å². The summed E-state index contributed by atoms with van der Waals surface area (Å²) < 4.78 is 63.3. The van der Waals surface area contributed by atoms with Crippen molar-refractivity contribution < 1.29 is 26.7 Å². The summed E-state index contributed by atoms with van der Waals surface area (Å²) in [5.41, 5.74) is 2.14. The molecule has 172 valence electrons. The van der Waals surface area contributed by atoms with Gasteiger partial charge in [0.25, 0.3) is 0 Å². The Balaban J connectivity index is 1.56. The van der Waals surface area contributed by atoms with Crippen LogP contribution in [0.4, 0.5) is 24.8 Å². The van der Waals surface area contributed by atoms with E-state index in [2.05, 4.69) is 21.1 Å². The maximum absolute atomic E-state index is 13.0. The Morgan fingerprint density at radius 1 is 1.09 bits per heavy atom. The number of nitrogens with two attached hydrogens (primary N) is 1. The number of rotatable bonds is 4. The number of alkyl halides is 3.